The molecule has 1 unspecified atom stereocenters. The van der Waals surface area contributed by atoms with E-state index in [2.05, 4.69) is 0 Å². The number of nitrogens with two attached hydrogens (primary N) is 1. The Kier molecular flexibility index (Phi) is 5.39. The van der Waals surface area contributed by atoms with Crippen LogP contribution in [0.25, 0.3) is 0 Å². The van der Waals surface area contributed by atoms with Gasteiger partial charge in [0, 0.05) is 12.7 Å². The Balaban J connectivity index is 2.92. The van der Waals surface area contributed by atoms with Crippen molar-refractivity contribution in [3.05, 3.63) is 29.8 Å². The van der Waals surface area contributed by atoms with Gasteiger partial charge >= 0.3 is 6.18 Å². The largest absolute Gasteiger partial charge is 0.491 e. The zero-order valence-electron chi connectivity index (χ0n) is 9.83. The first-order chi connectivity index (χ1) is 8.50. The van der Waals surface area contributed by atoms with Crippen molar-refractivity contribution in [2.75, 3.05) is 20.3 Å². The number of rotatable bonds is 6. The summed E-state index contributed by atoms with van der Waals surface area (Å²) in [5.41, 5.74) is 1.70. The number of halogens is 3. The SMILES string of the molecule is COCCOc1ccccc1C(NN)C(F)(F)F. The van der Waals surface area contributed by atoms with Crippen molar-refractivity contribution in [3.63, 3.8) is 0 Å². The lowest BCUT2D eigenvalue weighted by atomic mass is 10.1. The number of hydrogen-bond acceptors (Lipinski definition) is 4. The molecule has 0 aliphatic rings. The van der Waals surface area contributed by atoms with E-state index in [1.165, 1.54) is 25.3 Å². The molecule has 0 bridgehead atoms. The molecular weight excluding hydrogens is 249 g/mol. The summed E-state index contributed by atoms with van der Waals surface area (Å²) in [6.45, 7) is 0.462. The maximum atomic E-state index is 12.8. The summed E-state index contributed by atoms with van der Waals surface area (Å²) in [5, 5.41) is 0. The molecule has 1 aromatic carbocycles. The van der Waals surface area contributed by atoms with Gasteiger partial charge in [-0.25, -0.2) is 5.43 Å². The highest BCUT2D eigenvalue weighted by atomic mass is 19.4. The predicted octanol–water partition coefficient (Wildman–Crippen LogP) is 1.78. The van der Waals surface area contributed by atoms with E-state index in [1.54, 1.807) is 11.5 Å². The van der Waals surface area contributed by atoms with Crippen molar-refractivity contribution in [2.24, 2.45) is 5.84 Å². The molecule has 18 heavy (non-hydrogen) atoms. The molecule has 1 atom stereocenters. The highest BCUT2D eigenvalue weighted by molar-refractivity contribution is 5.36. The average molecular weight is 264 g/mol. The Morgan fingerprint density at radius 1 is 1.28 bits per heavy atom. The molecule has 3 N–H and O–H groups in total. The average Bonchev–Trinajstić information content (AvgIpc) is 2.30. The van der Waals surface area contributed by atoms with Crippen LogP contribution in [0, 0.1) is 0 Å². The molecule has 0 radical (unpaired) electrons. The molecule has 7 heteroatoms. The first-order valence-corrected chi connectivity index (χ1v) is 5.24. The maximum absolute atomic E-state index is 12.8. The van der Waals surface area contributed by atoms with Gasteiger partial charge in [0.15, 0.2) is 0 Å². The second-order valence-electron chi connectivity index (χ2n) is 3.52. The fourth-order valence-electron chi connectivity index (χ4n) is 1.45. The summed E-state index contributed by atoms with van der Waals surface area (Å²) < 4.78 is 48.3. The van der Waals surface area contributed by atoms with Gasteiger partial charge in [-0.2, -0.15) is 13.2 Å². The van der Waals surface area contributed by atoms with E-state index in [0.29, 0.717) is 6.61 Å². The Morgan fingerprint density at radius 2 is 1.94 bits per heavy atom. The van der Waals surface area contributed by atoms with E-state index in [1.807, 2.05) is 0 Å². The summed E-state index contributed by atoms with van der Waals surface area (Å²) in [4.78, 5) is 0. The number of nitrogens with one attached hydrogen (secondary N) is 1. The van der Waals surface area contributed by atoms with Crippen molar-refractivity contribution < 1.29 is 22.6 Å². The number of hydrogen-bond donors (Lipinski definition) is 2. The third kappa shape index (κ3) is 3.86. The molecule has 0 fully saturated rings. The molecule has 102 valence electrons. The van der Waals surface area contributed by atoms with Crippen LogP contribution in [0.4, 0.5) is 13.2 Å². The summed E-state index contributed by atoms with van der Waals surface area (Å²) in [7, 11) is 1.48. The van der Waals surface area contributed by atoms with Crippen LogP contribution in [-0.4, -0.2) is 26.5 Å². The topological polar surface area (TPSA) is 56.5 Å². The predicted molar refractivity (Wildman–Crippen MR) is 59.9 cm³/mol. The van der Waals surface area contributed by atoms with Crippen molar-refractivity contribution in [3.8, 4) is 5.75 Å². The lowest BCUT2D eigenvalue weighted by molar-refractivity contribution is -0.158. The quantitative estimate of drug-likeness (QED) is 0.467. The van der Waals surface area contributed by atoms with Crippen molar-refractivity contribution in [1.82, 2.24) is 5.43 Å². The van der Waals surface area contributed by atoms with Gasteiger partial charge in [-0.3, -0.25) is 5.84 Å². The lowest BCUT2D eigenvalue weighted by Crippen LogP contribution is -2.38. The van der Waals surface area contributed by atoms with E-state index in [-0.39, 0.29) is 17.9 Å². The van der Waals surface area contributed by atoms with Crippen molar-refractivity contribution in [1.29, 1.82) is 0 Å². The van der Waals surface area contributed by atoms with Gasteiger partial charge in [0.1, 0.15) is 18.4 Å². The van der Waals surface area contributed by atoms with E-state index in [0.717, 1.165) is 0 Å². The number of para-hydroxylation sites is 1. The van der Waals surface area contributed by atoms with Crippen LogP contribution in [-0.2, 0) is 4.74 Å². The first kappa shape index (κ1) is 14.7. The maximum Gasteiger partial charge on any atom is 0.409 e. The number of benzene rings is 1. The summed E-state index contributed by atoms with van der Waals surface area (Å²) >= 11 is 0. The second-order valence-corrected chi connectivity index (χ2v) is 3.52. The van der Waals surface area contributed by atoms with Crippen molar-refractivity contribution in [2.45, 2.75) is 12.2 Å². The summed E-state index contributed by atoms with van der Waals surface area (Å²) in [6.07, 6.45) is -4.49. The van der Waals surface area contributed by atoms with E-state index in [9.17, 15) is 13.2 Å². The smallest absolute Gasteiger partial charge is 0.409 e. The van der Waals surface area contributed by atoms with Gasteiger partial charge in [0.2, 0.25) is 0 Å². The molecular formula is C11H15F3N2O2. The number of alkyl halides is 3. The van der Waals surface area contributed by atoms with Crippen LogP contribution in [0.15, 0.2) is 24.3 Å². The Labute approximate surface area is 103 Å². The van der Waals surface area contributed by atoms with Crippen LogP contribution in [0.3, 0.4) is 0 Å². The minimum Gasteiger partial charge on any atom is -0.491 e. The number of hydrazine groups is 1. The minimum atomic E-state index is -4.49. The van der Waals surface area contributed by atoms with E-state index < -0.39 is 12.2 Å². The molecule has 1 aromatic rings. The molecule has 0 aliphatic heterocycles. The number of methoxy groups -OCH3 is 1. The van der Waals surface area contributed by atoms with Crippen LogP contribution in [0.2, 0.25) is 0 Å². The summed E-state index contributed by atoms with van der Waals surface area (Å²) in [5.74, 6) is 5.10. The molecule has 4 nitrogen and oxygen atoms in total. The van der Waals surface area contributed by atoms with Crippen LogP contribution >= 0.6 is 0 Å². The standard InChI is InChI=1S/C11H15F3N2O2/c1-17-6-7-18-9-5-3-2-4-8(9)10(16-15)11(12,13)14/h2-5,10,16H,6-7,15H2,1H3. The van der Waals surface area contributed by atoms with Crippen LogP contribution in [0.5, 0.6) is 5.75 Å². The van der Waals surface area contributed by atoms with Gasteiger partial charge in [0.05, 0.1) is 6.61 Å². The van der Waals surface area contributed by atoms with E-state index in [4.69, 9.17) is 15.3 Å². The number of ether oxygens (including phenoxy) is 2. The third-order valence-electron chi connectivity index (χ3n) is 2.27. The van der Waals surface area contributed by atoms with E-state index >= 15 is 0 Å². The normalized spacial score (nSPS) is 13.4. The second kappa shape index (κ2) is 6.58. The fraction of sp³-hybridized carbons (Fsp3) is 0.455. The van der Waals surface area contributed by atoms with Gasteiger partial charge in [0.25, 0.3) is 0 Å². The summed E-state index contributed by atoms with van der Waals surface area (Å²) in [6, 6.07) is 3.90. The zero-order valence-corrected chi connectivity index (χ0v) is 9.83. The zero-order chi connectivity index (χ0) is 13.6. The first-order valence-electron chi connectivity index (χ1n) is 5.24. The van der Waals surface area contributed by atoms with Gasteiger partial charge < -0.3 is 9.47 Å². The lowest BCUT2D eigenvalue weighted by Gasteiger charge is -2.22. The fourth-order valence-corrected chi connectivity index (χ4v) is 1.45. The van der Waals surface area contributed by atoms with Crippen LogP contribution in [0.1, 0.15) is 11.6 Å². The molecule has 0 saturated heterocycles. The highest BCUT2D eigenvalue weighted by Crippen LogP contribution is 2.36. The van der Waals surface area contributed by atoms with Crippen molar-refractivity contribution >= 4 is 0 Å². The highest BCUT2D eigenvalue weighted by Gasteiger charge is 2.41. The molecule has 0 amide bonds. The minimum absolute atomic E-state index is 0.0522. The van der Waals surface area contributed by atoms with Crippen LogP contribution < -0.4 is 16.0 Å². The molecule has 0 aliphatic carbocycles. The van der Waals surface area contributed by atoms with Gasteiger partial charge in [-0.15, -0.1) is 0 Å². The molecule has 0 heterocycles. The van der Waals surface area contributed by atoms with Gasteiger partial charge in [-0.05, 0) is 6.07 Å². The molecule has 0 aromatic heterocycles. The Bertz CT molecular complexity index is 372. The molecule has 0 saturated carbocycles. The van der Waals surface area contributed by atoms with Gasteiger partial charge in [-0.1, -0.05) is 18.2 Å². The monoisotopic (exact) mass is 264 g/mol. The Morgan fingerprint density at radius 3 is 2.50 bits per heavy atom. The molecule has 1 rings (SSSR count). The Hall–Kier alpha value is -1.31. The molecule has 0 spiro atoms. The third-order valence-corrected chi connectivity index (χ3v) is 2.27.